The number of nitrogens with one attached hydrogen (secondary N) is 1. The second-order valence-corrected chi connectivity index (χ2v) is 6.13. The van der Waals surface area contributed by atoms with Crippen molar-refractivity contribution in [2.45, 2.75) is 51.1 Å². The first-order valence-electron chi connectivity index (χ1n) is 7.93. The summed E-state index contributed by atoms with van der Waals surface area (Å²) in [5.74, 6) is 5.59. The second kappa shape index (κ2) is 6.53. The van der Waals surface area contributed by atoms with Gasteiger partial charge in [-0.3, -0.25) is 19.8 Å². The third-order valence-corrected chi connectivity index (χ3v) is 4.88. The van der Waals surface area contributed by atoms with Crippen LogP contribution in [0.15, 0.2) is 6.20 Å². The molecule has 0 spiro atoms. The number of fused-ring (bicyclic) bond motifs is 1. The fraction of sp³-hybridized carbons (Fsp3) is 0.786. The van der Waals surface area contributed by atoms with Crippen LogP contribution >= 0.6 is 0 Å². The average Bonchev–Trinajstić information content (AvgIpc) is 3.01. The zero-order chi connectivity index (χ0) is 14.7. The fourth-order valence-corrected chi connectivity index (χ4v) is 3.82. The molecule has 2 atom stereocenters. The van der Waals surface area contributed by atoms with Gasteiger partial charge in [-0.25, -0.2) is 5.84 Å². The summed E-state index contributed by atoms with van der Waals surface area (Å²) < 4.78 is 1.73. The first kappa shape index (κ1) is 14.5. The van der Waals surface area contributed by atoms with Gasteiger partial charge in [0.1, 0.15) is 0 Å². The number of aromatic nitrogens is 3. The first-order valence-corrected chi connectivity index (χ1v) is 7.93. The van der Waals surface area contributed by atoms with Crippen molar-refractivity contribution in [2.24, 2.45) is 11.8 Å². The van der Waals surface area contributed by atoms with Crippen molar-refractivity contribution in [3.8, 4) is 0 Å². The molecule has 2 fully saturated rings. The van der Waals surface area contributed by atoms with Gasteiger partial charge in [-0.1, -0.05) is 18.1 Å². The minimum absolute atomic E-state index is 0.270. The Morgan fingerprint density at radius 2 is 2.10 bits per heavy atom. The number of nitrogen functional groups attached to an aromatic ring is 1. The summed E-state index contributed by atoms with van der Waals surface area (Å²) in [6, 6.07) is 0.753. The van der Waals surface area contributed by atoms with Gasteiger partial charge in [-0.2, -0.15) is 0 Å². The van der Waals surface area contributed by atoms with E-state index in [0.29, 0.717) is 0 Å². The van der Waals surface area contributed by atoms with Crippen molar-refractivity contribution >= 4 is 5.91 Å². The molecule has 7 heteroatoms. The molecule has 0 unspecified atom stereocenters. The Morgan fingerprint density at radius 3 is 2.95 bits per heavy atom. The van der Waals surface area contributed by atoms with Gasteiger partial charge in [0, 0.05) is 12.6 Å². The Labute approximate surface area is 124 Å². The number of likely N-dealkylation sites (tertiary alicyclic amines) is 1. The van der Waals surface area contributed by atoms with Crippen LogP contribution in [0.25, 0.3) is 0 Å². The van der Waals surface area contributed by atoms with E-state index in [1.54, 1.807) is 10.9 Å². The van der Waals surface area contributed by atoms with Crippen LogP contribution in [0.4, 0.5) is 0 Å². The molecule has 1 aromatic rings. The summed E-state index contributed by atoms with van der Waals surface area (Å²) in [6.07, 6.45) is 9.85. The van der Waals surface area contributed by atoms with Crippen molar-refractivity contribution in [3.63, 3.8) is 0 Å². The average molecular weight is 292 g/mol. The van der Waals surface area contributed by atoms with E-state index in [9.17, 15) is 4.79 Å². The van der Waals surface area contributed by atoms with Gasteiger partial charge in [0.25, 0.3) is 5.91 Å². The zero-order valence-corrected chi connectivity index (χ0v) is 12.4. The van der Waals surface area contributed by atoms with E-state index in [1.165, 1.54) is 45.1 Å². The second-order valence-electron chi connectivity index (χ2n) is 6.13. The zero-order valence-electron chi connectivity index (χ0n) is 12.4. The minimum Gasteiger partial charge on any atom is -0.298 e. The van der Waals surface area contributed by atoms with E-state index in [0.717, 1.165) is 25.0 Å². The van der Waals surface area contributed by atoms with Crippen LogP contribution in [0.5, 0.6) is 0 Å². The van der Waals surface area contributed by atoms with Crippen LogP contribution in [-0.2, 0) is 6.54 Å². The van der Waals surface area contributed by atoms with E-state index in [2.05, 4.69) is 20.6 Å². The minimum atomic E-state index is -0.397. The summed E-state index contributed by atoms with van der Waals surface area (Å²) in [6.45, 7) is 2.94. The molecule has 7 nitrogen and oxygen atoms in total. The topological polar surface area (TPSA) is 89.1 Å². The predicted octanol–water partition coefficient (Wildman–Crippen LogP) is 0.536. The third-order valence-electron chi connectivity index (χ3n) is 4.88. The Morgan fingerprint density at radius 1 is 1.29 bits per heavy atom. The molecule has 3 rings (SSSR count). The highest BCUT2D eigenvalue weighted by Gasteiger charge is 2.32. The molecule has 0 radical (unpaired) electrons. The van der Waals surface area contributed by atoms with E-state index >= 15 is 0 Å². The van der Waals surface area contributed by atoms with E-state index in [4.69, 9.17) is 5.84 Å². The molecule has 1 saturated heterocycles. The SMILES string of the molecule is NNC(=O)c1cn(CCN2CCC[C@H]3CCCC[C@H]32)nn1. The lowest BCUT2D eigenvalue weighted by Crippen LogP contribution is -2.47. The van der Waals surface area contributed by atoms with Gasteiger partial charge < -0.3 is 0 Å². The maximum atomic E-state index is 11.4. The number of rotatable bonds is 4. The smallest absolute Gasteiger partial charge is 0.287 e. The largest absolute Gasteiger partial charge is 0.298 e. The maximum absolute atomic E-state index is 11.4. The molecule has 2 heterocycles. The van der Waals surface area contributed by atoms with Crippen LogP contribution in [-0.4, -0.2) is 44.9 Å². The van der Waals surface area contributed by atoms with Crippen LogP contribution in [0.2, 0.25) is 0 Å². The van der Waals surface area contributed by atoms with Crippen LogP contribution in [0.3, 0.4) is 0 Å². The van der Waals surface area contributed by atoms with Crippen molar-refractivity contribution in [1.82, 2.24) is 25.3 Å². The van der Waals surface area contributed by atoms with Gasteiger partial charge in [0.15, 0.2) is 5.69 Å². The number of carbonyl (C=O) groups excluding carboxylic acids is 1. The number of nitrogens with two attached hydrogens (primary N) is 1. The van der Waals surface area contributed by atoms with Gasteiger partial charge in [-0.05, 0) is 38.1 Å². The molecule has 2 aliphatic rings. The third kappa shape index (κ3) is 3.24. The number of carbonyl (C=O) groups is 1. The number of hydrogen-bond donors (Lipinski definition) is 2. The molecule has 116 valence electrons. The molecule has 1 aliphatic heterocycles. The molecule has 1 aromatic heterocycles. The molecule has 0 bridgehead atoms. The van der Waals surface area contributed by atoms with Crippen molar-refractivity contribution in [2.75, 3.05) is 13.1 Å². The lowest BCUT2D eigenvalue weighted by atomic mass is 9.78. The molecule has 1 saturated carbocycles. The lowest BCUT2D eigenvalue weighted by molar-refractivity contribution is 0.0573. The van der Waals surface area contributed by atoms with E-state index in [1.807, 2.05) is 0 Å². The summed E-state index contributed by atoms with van der Waals surface area (Å²) in [5.41, 5.74) is 2.34. The van der Waals surface area contributed by atoms with E-state index < -0.39 is 5.91 Å². The normalized spacial score (nSPS) is 26.3. The van der Waals surface area contributed by atoms with Crippen molar-refractivity contribution in [1.29, 1.82) is 0 Å². The maximum Gasteiger partial charge on any atom is 0.287 e. The van der Waals surface area contributed by atoms with Gasteiger partial charge in [-0.15, -0.1) is 5.10 Å². The Kier molecular flexibility index (Phi) is 4.50. The summed E-state index contributed by atoms with van der Waals surface area (Å²) in [4.78, 5) is 14.0. The van der Waals surface area contributed by atoms with E-state index in [-0.39, 0.29) is 5.69 Å². The molecular weight excluding hydrogens is 268 g/mol. The standard InChI is InChI=1S/C14H24N6O/c15-16-14(21)12-10-20(18-17-12)9-8-19-7-3-5-11-4-1-2-6-13(11)19/h10-11,13H,1-9,15H2,(H,16,21)/t11-,13-/m1/s1. The van der Waals surface area contributed by atoms with Crippen molar-refractivity contribution < 1.29 is 4.79 Å². The van der Waals surface area contributed by atoms with Crippen LogP contribution in [0.1, 0.15) is 49.0 Å². The predicted molar refractivity (Wildman–Crippen MR) is 78.2 cm³/mol. The van der Waals surface area contributed by atoms with Gasteiger partial charge in [0.2, 0.25) is 0 Å². The van der Waals surface area contributed by atoms with Gasteiger partial charge >= 0.3 is 0 Å². The lowest BCUT2D eigenvalue weighted by Gasteiger charge is -2.44. The number of hydrogen-bond acceptors (Lipinski definition) is 5. The first-order chi connectivity index (χ1) is 10.3. The Bertz CT molecular complexity index is 486. The summed E-state index contributed by atoms with van der Waals surface area (Å²) >= 11 is 0. The monoisotopic (exact) mass is 292 g/mol. The molecule has 21 heavy (non-hydrogen) atoms. The van der Waals surface area contributed by atoms with Crippen LogP contribution < -0.4 is 11.3 Å². The highest BCUT2D eigenvalue weighted by atomic mass is 16.2. The number of hydrazine groups is 1. The molecule has 1 amide bonds. The van der Waals surface area contributed by atoms with Gasteiger partial charge in [0.05, 0.1) is 12.7 Å². The molecule has 0 aromatic carbocycles. The molecule has 1 aliphatic carbocycles. The van der Waals surface area contributed by atoms with Crippen molar-refractivity contribution in [3.05, 3.63) is 11.9 Å². The summed E-state index contributed by atoms with van der Waals surface area (Å²) in [7, 11) is 0. The number of nitrogens with zero attached hydrogens (tertiary/aromatic N) is 4. The highest BCUT2D eigenvalue weighted by Crippen LogP contribution is 2.34. The summed E-state index contributed by atoms with van der Waals surface area (Å²) in [5, 5.41) is 7.83. The Balaban J connectivity index is 1.56. The molecule has 3 N–H and O–H groups in total. The number of piperidine rings is 1. The quantitative estimate of drug-likeness (QED) is 0.480. The molecular formula is C14H24N6O. The van der Waals surface area contributed by atoms with Crippen LogP contribution in [0, 0.1) is 5.92 Å². The Hall–Kier alpha value is -1.47. The number of amides is 1. The fourth-order valence-electron chi connectivity index (χ4n) is 3.82. The highest BCUT2D eigenvalue weighted by molar-refractivity contribution is 5.91.